The molecule has 0 atom stereocenters. The third-order valence-electron chi connectivity index (χ3n) is 4.22. The molecule has 0 amide bonds. The molecule has 3 rings (SSSR count). The van der Waals surface area contributed by atoms with Crippen molar-refractivity contribution in [1.82, 2.24) is 0 Å². The first-order valence-electron chi connectivity index (χ1n) is 7.16. The lowest BCUT2D eigenvalue weighted by atomic mass is 10.1. The van der Waals surface area contributed by atoms with E-state index in [1.165, 1.54) is 20.9 Å². The molecule has 1 heterocycles. The van der Waals surface area contributed by atoms with Gasteiger partial charge in [-0.25, -0.2) is 0 Å². The molecule has 0 radical (unpaired) electrons. The van der Waals surface area contributed by atoms with E-state index in [2.05, 4.69) is 50.3 Å². The molecular formula is C18H18Cl2S. The van der Waals surface area contributed by atoms with Crippen LogP contribution in [0.2, 0.25) is 10.0 Å². The van der Waals surface area contributed by atoms with E-state index in [9.17, 15) is 0 Å². The van der Waals surface area contributed by atoms with Gasteiger partial charge in [0.05, 0.1) is 0 Å². The molecule has 0 bridgehead atoms. The number of rotatable bonds is 2. The van der Waals surface area contributed by atoms with Gasteiger partial charge in [0.2, 0.25) is 0 Å². The molecule has 0 saturated carbocycles. The lowest BCUT2D eigenvalue weighted by Crippen LogP contribution is -2.10. The fraction of sp³-hybridized carbons (Fsp3) is 0.222. The van der Waals surface area contributed by atoms with Crippen molar-refractivity contribution in [2.45, 2.75) is 23.6 Å². The average Bonchev–Trinajstić information content (AvgIpc) is 2.62. The van der Waals surface area contributed by atoms with Gasteiger partial charge in [0.25, 0.3) is 0 Å². The molecule has 0 nitrogen and oxygen atoms in total. The maximum Gasteiger partial charge on any atom is 0.0417 e. The Morgan fingerprint density at radius 1 is 0.762 bits per heavy atom. The summed E-state index contributed by atoms with van der Waals surface area (Å²) in [5.74, 6) is 2.21. The topological polar surface area (TPSA) is 0 Å². The summed E-state index contributed by atoms with van der Waals surface area (Å²) in [5.41, 5.74) is 2.57. The zero-order valence-corrected chi connectivity index (χ0v) is 14.5. The van der Waals surface area contributed by atoms with Gasteiger partial charge < -0.3 is 0 Å². The second kappa shape index (κ2) is 5.72. The Balaban J connectivity index is 2.38. The summed E-state index contributed by atoms with van der Waals surface area (Å²) in [5, 5.41) is 1.62. The van der Waals surface area contributed by atoms with Crippen LogP contribution in [0.15, 0.2) is 46.2 Å². The normalized spacial score (nSPS) is 16.8. The molecule has 0 unspecified atom stereocenters. The molecule has 0 spiro atoms. The Hall–Kier alpha value is -0.890. The summed E-state index contributed by atoms with van der Waals surface area (Å²) in [7, 11) is -1.10. The molecule has 0 aromatic heterocycles. The molecular weight excluding hydrogens is 319 g/mol. The minimum atomic E-state index is -1.10. The minimum Gasteiger partial charge on any atom is -0.187 e. The van der Waals surface area contributed by atoms with Gasteiger partial charge in [-0.15, -0.1) is 0 Å². The van der Waals surface area contributed by atoms with Gasteiger partial charge in [0.15, 0.2) is 0 Å². The first-order chi connectivity index (χ1) is 10.1. The summed E-state index contributed by atoms with van der Waals surface area (Å²) in [4.78, 5) is 2.77. The Morgan fingerprint density at radius 3 is 1.57 bits per heavy atom. The number of benzene rings is 2. The van der Waals surface area contributed by atoms with Crippen molar-refractivity contribution < 1.29 is 0 Å². The predicted molar refractivity (Wildman–Crippen MR) is 97.0 cm³/mol. The van der Waals surface area contributed by atoms with Gasteiger partial charge >= 0.3 is 0 Å². The van der Waals surface area contributed by atoms with Crippen LogP contribution in [0.1, 0.15) is 25.0 Å². The number of fused-ring (bicyclic) bond motifs is 2. The fourth-order valence-corrected chi connectivity index (χ4v) is 7.34. The van der Waals surface area contributed by atoms with Crippen LogP contribution in [0.5, 0.6) is 0 Å². The molecule has 3 heteroatoms. The highest BCUT2D eigenvalue weighted by molar-refractivity contribution is 8.33. The summed E-state index contributed by atoms with van der Waals surface area (Å²) in [6.07, 6.45) is 4.41. The van der Waals surface area contributed by atoms with E-state index in [4.69, 9.17) is 23.2 Å². The van der Waals surface area contributed by atoms with Crippen LogP contribution in [0.4, 0.5) is 0 Å². The van der Waals surface area contributed by atoms with Crippen LogP contribution in [0.3, 0.4) is 0 Å². The fourth-order valence-electron chi connectivity index (χ4n) is 3.09. The maximum atomic E-state index is 6.29. The quantitative estimate of drug-likeness (QED) is 0.569. The Labute approximate surface area is 138 Å². The molecule has 0 aliphatic carbocycles. The van der Waals surface area contributed by atoms with Crippen molar-refractivity contribution in [3.05, 3.63) is 57.6 Å². The van der Waals surface area contributed by atoms with Gasteiger partial charge in [-0.1, -0.05) is 61.3 Å². The first-order valence-corrected chi connectivity index (χ1v) is 9.89. The molecule has 21 heavy (non-hydrogen) atoms. The monoisotopic (exact) mass is 336 g/mol. The van der Waals surface area contributed by atoms with Crippen molar-refractivity contribution in [3.8, 4) is 0 Å². The van der Waals surface area contributed by atoms with Crippen molar-refractivity contribution in [2.24, 2.45) is 0 Å². The van der Waals surface area contributed by atoms with Crippen molar-refractivity contribution in [2.75, 3.05) is 11.5 Å². The molecule has 2 aromatic carbocycles. The zero-order valence-electron chi connectivity index (χ0n) is 12.2. The van der Waals surface area contributed by atoms with Crippen LogP contribution in [-0.4, -0.2) is 11.5 Å². The summed E-state index contributed by atoms with van der Waals surface area (Å²) < 4.78 is 0. The van der Waals surface area contributed by atoms with Crippen LogP contribution < -0.4 is 0 Å². The smallest absolute Gasteiger partial charge is 0.0417 e. The van der Waals surface area contributed by atoms with E-state index in [-0.39, 0.29) is 0 Å². The predicted octanol–water partition coefficient (Wildman–Crippen LogP) is 6.74. The standard InChI is InChI=1S/C18H18Cl2S/c1-3-21(4-2)17-11-15(19)9-7-13(17)5-6-14-8-10-16(20)12-18(14)21/h5-12H,3-4H2,1-2H3. The van der Waals surface area contributed by atoms with E-state index in [0.717, 1.165) is 21.6 Å². The lowest BCUT2D eigenvalue weighted by Gasteiger charge is -2.40. The second-order valence-electron chi connectivity index (χ2n) is 5.16. The van der Waals surface area contributed by atoms with Crippen LogP contribution >= 0.6 is 33.2 Å². The summed E-state index contributed by atoms with van der Waals surface area (Å²) in [6.45, 7) is 4.55. The van der Waals surface area contributed by atoms with E-state index in [0.29, 0.717) is 0 Å². The van der Waals surface area contributed by atoms with Crippen LogP contribution in [-0.2, 0) is 0 Å². The largest absolute Gasteiger partial charge is 0.187 e. The molecule has 1 aliphatic heterocycles. The Morgan fingerprint density at radius 2 is 1.19 bits per heavy atom. The molecule has 0 N–H and O–H groups in total. The summed E-state index contributed by atoms with van der Waals surface area (Å²) >= 11 is 12.6. The zero-order chi connectivity index (χ0) is 15.0. The highest BCUT2D eigenvalue weighted by Gasteiger charge is 2.30. The number of hydrogen-bond acceptors (Lipinski definition) is 0. The highest BCUT2D eigenvalue weighted by Crippen LogP contribution is 2.65. The van der Waals surface area contributed by atoms with Gasteiger partial charge in [-0.05, 0) is 46.9 Å². The van der Waals surface area contributed by atoms with E-state index < -0.39 is 10.0 Å². The second-order valence-corrected chi connectivity index (χ2v) is 9.83. The van der Waals surface area contributed by atoms with Crippen molar-refractivity contribution >= 4 is 45.4 Å². The summed E-state index contributed by atoms with van der Waals surface area (Å²) in [6, 6.07) is 12.5. The molecule has 0 fully saturated rings. The van der Waals surface area contributed by atoms with Crippen LogP contribution in [0, 0.1) is 0 Å². The van der Waals surface area contributed by atoms with Gasteiger partial charge in [0, 0.05) is 19.8 Å². The van der Waals surface area contributed by atoms with E-state index in [1.807, 2.05) is 12.1 Å². The SMILES string of the molecule is CCS1(CC)c2cc(Cl)ccc2C=Cc2ccc(Cl)cc21. The van der Waals surface area contributed by atoms with Crippen molar-refractivity contribution in [3.63, 3.8) is 0 Å². The van der Waals surface area contributed by atoms with Gasteiger partial charge in [-0.3, -0.25) is 0 Å². The van der Waals surface area contributed by atoms with Crippen molar-refractivity contribution in [1.29, 1.82) is 0 Å². The van der Waals surface area contributed by atoms with E-state index in [1.54, 1.807) is 0 Å². The van der Waals surface area contributed by atoms with Gasteiger partial charge in [-0.2, -0.15) is 10.0 Å². The molecule has 1 aliphatic rings. The molecule has 110 valence electrons. The first kappa shape index (κ1) is 15.0. The Kier molecular flexibility index (Phi) is 4.09. The maximum absolute atomic E-state index is 6.29. The minimum absolute atomic E-state index is 0.811. The molecule has 0 saturated heterocycles. The van der Waals surface area contributed by atoms with Crippen LogP contribution in [0.25, 0.3) is 12.2 Å². The molecule has 2 aromatic rings. The lowest BCUT2D eigenvalue weighted by molar-refractivity contribution is 1.26. The average molecular weight is 337 g/mol. The number of hydrogen-bond donors (Lipinski definition) is 0. The third-order valence-corrected chi connectivity index (χ3v) is 9.05. The third kappa shape index (κ3) is 2.42. The highest BCUT2D eigenvalue weighted by atomic mass is 35.5. The van der Waals surface area contributed by atoms with Gasteiger partial charge in [0.1, 0.15) is 0 Å². The van der Waals surface area contributed by atoms with E-state index >= 15 is 0 Å². The Bertz CT molecular complexity index is 658. The number of halogens is 2.